The number of rotatable bonds is 3. The van der Waals surface area contributed by atoms with Crippen LogP contribution in [0, 0.1) is 12.8 Å². The quantitative estimate of drug-likeness (QED) is 0.681. The van der Waals surface area contributed by atoms with Gasteiger partial charge in [0.15, 0.2) is 5.82 Å². The maximum atomic E-state index is 12.5. The summed E-state index contributed by atoms with van der Waals surface area (Å²) in [6, 6.07) is 10.0. The van der Waals surface area contributed by atoms with Crippen molar-refractivity contribution >= 4 is 16.6 Å². The van der Waals surface area contributed by atoms with Crippen molar-refractivity contribution in [2.45, 2.75) is 52.5 Å². The Hall–Kier alpha value is -2.76. The number of aryl methyl sites for hydroxylation is 1. The smallest absolute Gasteiger partial charge is 0.253 e. The van der Waals surface area contributed by atoms with Crippen molar-refractivity contribution in [3.63, 3.8) is 0 Å². The average Bonchev–Trinajstić information content (AvgIpc) is 2.70. The molecule has 1 aliphatic rings. The van der Waals surface area contributed by atoms with Gasteiger partial charge < -0.3 is 4.90 Å². The minimum atomic E-state index is -0.110. The average molecular weight is 392 g/mol. The molecule has 0 saturated carbocycles. The second-order valence-electron chi connectivity index (χ2n) is 9.10. The van der Waals surface area contributed by atoms with E-state index in [-0.39, 0.29) is 11.0 Å². The molecule has 29 heavy (non-hydrogen) atoms. The number of hydrogen-bond donors (Lipinski definition) is 0. The molecule has 1 fully saturated rings. The number of piperidine rings is 1. The molecule has 0 radical (unpaired) electrons. The zero-order valence-electron chi connectivity index (χ0n) is 17.7. The van der Waals surface area contributed by atoms with Crippen LogP contribution in [0.25, 0.3) is 10.8 Å². The summed E-state index contributed by atoms with van der Waals surface area (Å²) in [4.78, 5) is 19.4. The van der Waals surface area contributed by atoms with E-state index < -0.39 is 0 Å². The number of aromatic nitrogens is 4. The fraction of sp³-hybridized carbons (Fsp3) is 0.478. The third kappa shape index (κ3) is 4.02. The van der Waals surface area contributed by atoms with Gasteiger partial charge in [0.05, 0.1) is 17.7 Å². The molecule has 0 aliphatic carbocycles. The lowest BCUT2D eigenvalue weighted by Gasteiger charge is -2.33. The van der Waals surface area contributed by atoms with Crippen LogP contribution < -0.4 is 10.5 Å². The molecule has 3 aromatic rings. The van der Waals surface area contributed by atoms with Gasteiger partial charge in [0, 0.05) is 41.9 Å². The van der Waals surface area contributed by atoms with Gasteiger partial charge in [-0.2, -0.15) is 5.10 Å². The second kappa shape index (κ2) is 7.58. The third-order valence-electron chi connectivity index (χ3n) is 5.87. The van der Waals surface area contributed by atoms with Crippen LogP contribution in [0.2, 0.25) is 0 Å². The fourth-order valence-corrected chi connectivity index (χ4v) is 4.04. The molecule has 4 rings (SSSR count). The molecule has 6 heteroatoms. The molecule has 0 spiro atoms. The van der Waals surface area contributed by atoms with Gasteiger partial charge in [0.25, 0.3) is 5.56 Å². The lowest BCUT2D eigenvalue weighted by molar-refractivity contribution is 0.349. The van der Waals surface area contributed by atoms with E-state index in [0.717, 1.165) is 60.5 Å². The highest BCUT2D eigenvalue weighted by Crippen LogP contribution is 2.29. The van der Waals surface area contributed by atoms with Crippen LogP contribution in [0.15, 0.2) is 41.5 Å². The van der Waals surface area contributed by atoms with E-state index >= 15 is 0 Å². The predicted molar refractivity (Wildman–Crippen MR) is 116 cm³/mol. The van der Waals surface area contributed by atoms with Crippen LogP contribution in [0.4, 0.5) is 5.82 Å². The Kier molecular flexibility index (Phi) is 5.11. The number of nitrogens with zero attached hydrogens (tertiary/aromatic N) is 5. The number of hydrogen-bond acceptors (Lipinski definition) is 5. The maximum absolute atomic E-state index is 12.5. The largest absolute Gasteiger partial charge is 0.355 e. The van der Waals surface area contributed by atoms with Crippen molar-refractivity contribution in [1.29, 1.82) is 0 Å². The van der Waals surface area contributed by atoms with Crippen molar-refractivity contribution in [2.75, 3.05) is 18.0 Å². The van der Waals surface area contributed by atoms with Gasteiger partial charge >= 0.3 is 0 Å². The molecular weight excluding hydrogens is 362 g/mol. The Morgan fingerprint density at radius 1 is 1.07 bits per heavy atom. The Bertz CT molecular complexity index is 1070. The summed E-state index contributed by atoms with van der Waals surface area (Å²) in [5, 5.41) is 11.2. The summed E-state index contributed by atoms with van der Waals surface area (Å²) in [7, 11) is 0. The maximum Gasteiger partial charge on any atom is 0.253 e. The number of anilines is 1. The van der Waals surface area contributed by atoms with Gasteiger partial charge in [-0.15, -0.1) is 5.10 Å². The summed E-state index contributed by atoms with van der Waals surface area (Å²) in [6.45, 7) is 10.8. The van der Waals surface area contributed by atoms with Gasteiger partial charge in [-0.3, -0.25) is 9.36 Å². The lowest BCUT2D eigenvalue weighted by Crippen LogP contribution is -2.37. The van der Waals surface area contributed by atoms with Crippen molar-refractivity contribution in [3.8, 4) is 0 Å². The van der Waals surface area contributed by atoms with E-state index in [1.165, 1.54) is 0 Å². The van der Waals surface area contributed by atoms with Crippen molar-refractivity contribution in [1.82, 2.24) is 19.7 Å². The van der Waals surface area contributed by atoms with Crippen LogP contribution in [-0.2, 0) is 12.0 Å². The van der Waals surface area contributed by atoms with Gasteiger partial charge in [0.1, 0.15) is 0 Å². The van der Waals surface area contributed by atoms with Crippen LogP contribution >= 0.6 is 0 Å². The van der Waals surface area contributed by atoms with Gasteiger partial charge in [0.2, 0.25) is 0 Å². The molecule has 0 bridgehead atoms. The monoisotopic (exact) mass is 391 g/mol. The molecule has 3 heterocycles. The summed E-state index contributed by atoms with van der Waals surface area (Å²) in [5.74, 6) is 1.44. The predicted octanol–water partition coefficient (Wildman–Crippen LogP) is 3.71. The second-order valence-corrected chi connectivity index (χ2v) is 9.10. The molecule has 0 atom stereocenters. The minimum Gasteiger partial charge on any atom is -0.355 e. The summed E-state index contributed by atoms with van der Waals surface area (Å²) in [6.07, 6.45) is 3.77. The summed E-state index contributed by atoms with van der Waals surface area (Å²) >= 11 is 0. The first-order valence-electron chi connectivity index (χ1n) is 10.4. The van der Waals surface area contributed by atoms with Crippen molar-refractivity contribution in [2.24, 2.45) is 5.92 Å². The normalized spacial score (nSPS) is 15.8. The zero-order chi connectivity index (χ0) is 20.6. The van der Waals surface area contributed by atoms with Crippen LogP contribution in [0.3, 0.4) is 0 Å². The molecular formula is C23H29N5O. The molecule has 1 aliphatic heterocycles. The zero-order valence-corrected chi connectivity index (χ0v) is 17.7. The molecule has 0 N–H and O–H groups in total. The van der Waals surface area contributed by atoms with E-state index in [2.05, 4.69) is 59.1 Å². The van der Waals surface area contributed by atoms with Gasteiger partial charge in [-0.05, 0) is 25.7 Å². The summed E-state index contributed by atoms with van der Waals surface area (Å²) < 4.78 is 1.76. The SMILES string of the molecule is Cc1nnc(N2CCC(Cn3cnc(C(C)(C)C)cc3=O)CC2)c2ccccc12. The first kappa shape index (κ1) is 19.6. The topological polar surface area (TPSA) is 63.9 Å². The van der Waals surface area contributed by atoms with E-state index in [9.17, 15) is 4.79 Å². The fourth-order valence-electron chi connectivity index (χ4n) is 4.04. The molecule has 0 amide bonds. The number of benzene rings is 1. The first-order chi connectivity index (χ1) is 13.8. The van der Waals surface area contributed by atoms with Crippen LogP contribution in [-0.4, -0.2) is 32.8 Å². The molecule has 2 aromatic heterocycles. The Labute approximate surface area is 171 Å². The number of fused-ring (bicyclic) bond motifs is 1. The molecule has 1 saturated heterocycles. The Morgan fingerprint density at radius 3 is 2.41 bits per heavy atom. The molecule has 0 unspecified atom stereocenters. The summed E-state index contributed by atoms with van der Waals surface area (Å²) in [5.41, 5.74) is 1.74. The van der Waals surface area contributed by atoms with E-state index in [1.54, 1.807) is 17.0 Å². The van der Waals surface area contributed by atoms with Crippen molar-refractivity contribution in [3.05, 3.63) is 58.4 Å². The first-order valence-corrected chi connectivity index (χ1v) is 10.4. The molecule has 6 nitrogen and oxygen atoms in total. The van der Waals surface area contributed by atoms with Gasteiger partial charge in [-0.25, -0.2) is 4.98 Å². The minimum absolute atomic E-state index is 0.0442. The lowest BCUT2D eigenvalue weighted by atomic mass is 9.92. The van der Waals surface area contributed by atoms with Gasteiger partial charge in [-0.1, -0.05) is 45.0 Å². The highest BCUT2D eigenvalue weighted by molar-refractivity contribution is 5.93. The highest BCUT2D eigenvalue weighted by Gasteiger charge is 2.23. The molecule has 1 aromatic carbocycles. The Morgan fingerprint density at radius 2 is 1.76 bits per heavy atom. The van der Waals surface area contributed by atoms with Crippen LogP contribution in [0.1, 0.15) is 45.0 Å². The van der Waals surface area contributed by atoms with Crippen molar-refractivity contribution < 1.29 is 0 Å². The highest BCUT2D eigenvalue weighted by atomic mass is 16.1. The molecule has 152 valence electrons. The van der Waals surface area contributed by atoms with Crippen LogP contribution in [0.5, 0.6) is 0 Å². The third-order valence-corrected chi connectivity index (χ3v) is 5.87. The Balaban J connectivity index is 1.46. The van der Waals surface area contributed by atoms with E-state index in [4.69, 9.17) is 0 Å². The van der Waals surface area contributed by atoms with E-state index in [1.807, 2.05) is 13.0 Å². The standard InChI is InChI=1S/C23H29N5O/c1-16-18-7-5-6-8-19(18)22(26-25-16)27-11-9-17(10-12-27)14-28-15-24-20(13-21(28)29)23(2,3)4/h5-8,13,15,17H,9-12,14H2,1-4H3. The van der Waals surface area contributed by atoms with E-state index in [0.29, 0.717) is 5.92 Å².